The van der Waals surface area contributed by atoms with E-state index in [9.17, 15) is 20.4 Å². The van der Waals surface area contributed by atoms with Crippen LogP contribution in [0.4, 0.5) is 0 Å². The first-order valence-corrected chi connectivity index (χ1v) is 32.6. The van der Waals surface area contributed by atoms with Crippen molar-refractivity contribution in [3.8, 4) is 0 Å². The van der Waals surface area contributed by atoms with Crippen molar-refractivity contribution in [2.75, 3.05) is 102 Å². The van der Waals surface area contributed by atoms with Gasteiger partial charge in [0, 0.05) is 99.6 Å². The van der Waals surface area contributed by atoms with E-state index in [0.29, 0.717) is 42.8 Å². The molecule has 0 aromatic rings. The second-order valence-corrected chi connectivity index (χ2v) is 25.0. The predicted octanol–water partition coefficient (Wildman–Crippen LogP) is -1.81. The Balaban J connectivity index is 0.995. The minimum Gasteiger partial charge on any atom is -0.390 e. The Morgan fingerprint density at radius 3 is 1.46 bits per heavy atom. The van der Waals surface area contributed by atoms with Crippen molar-refractivity contribution in [2.24, 2.45) is 51.0 Å². The van der Waals surface area contributed by atoms with E-state index in [0.717, 1.165) is 139 Å². The number of aliphatic hydroxyl groups excluding tert-OH is 4. The molecule has 2 aliphatic carbocycles. The maximum absolute atomic E-state index is 10.9. The van der Waals surface area contributed by atoms with Crippen LogP contribution in [0.15, 0.2) is 5.11 Å². The summed E-state index contributed by atoms with van der Waals surface area (Å²) < 4.78 is 36.4. The van der Waals surface area contributed by atoms with E-state index in [-0.39, 0.29) is 25.9 Å². The summed E-state index contributed by atoms with van der Waals surface area (Å²) in [6.45, 7) is 7.59. The first-order valence-electron chi connectivity index (χ1n) is 29.5. The van der Waals surface area contributed by atoms with Gasteiger partial charge in [-0.1, -0.05) is 18.0 Å². The Kier molecular flexibility index (Phi) is 37.1. The van der Waals surface area contributed by atoms with E-state index in [4.69, 9.17) is 104 Å². The highest BCUT2D eigenvalue weighted by Crippen LogP contribution is 2.30. The molecule has 0 radical (unpaired) electrons. The number of azide groups is 1. The number of unbranched alkanes of at least 4 members (excludes halogenated alkanes) is 6. The number of thioether (sulfide) groups is 2. The van der Waals surface area contributed by atoms with Crippen LogP contribution in [0.5, 0.6) is 0 Å². The summed E-state index contributed by atoms with van der Waals surface area (Å²) in [5.74, 6) is 3.77. The lowest BCUT2D eigenvalue weighted by atomic mass is 9.84. The second kappa shape index (κ2) is 41.7. The van der Waals surface area contributed by atoms with Crippen molar-refractivity contribution in [3.63, 3.8) is 0 Å². The molecular weight excluding hydrogens is 1120 g/mol. The van der Waals surface area contributed by atoms with Crippen molar-refractivity contribution >= 4 is 58.2 Å². The normalized spacial score (nSPS) is 32.5. The standard InChI is InChI=1S/C51H104N16O10S4/c52-30-40-38(68)28-36(58)48(74-40)76-44-34(56)26-32(54)42(70)46(44)72-20-7-2-9-22-80-24-15-64-51(79)62-13-11-19-67(17-5-1-3-14-65-66-60)18-6-4-12-61-50(78)63-16-25-81-23-10-8-21-73-47-43(71)33(55)27-35(57)45(47)77-49-37(59)29-39(69)41(31-53)75-49/h32-49,68-71H,1-31,52-59H2,(H2,61,63,78)(H2,62,64,79)/t32-,33-,34?,35?,36?,37?,38+,39+,40?,41?,42?,43?,44+,45+,46-,47-,48+,49+/m1/s1. The average Bonchev–Trinajstić information content (AvgIpc) is 3.44. The number of nitrogens with one attached hydrogen (secondary N) is 4. The molecule has 26 nitrogen and oxygen atoms in total. The topological polar surface area (TPSA) is 445 Å². The lowest BCUT2D eigenvalue weighted by Crippen LogP contribution is -2.65. The van der Waals surface area contributed by atoms with Crippen molar-refractivity contribution in [1.82, 2.24) is 26.2 Å². The molecule has 2 heterocycles. The number of thiocarbonyl (C=S) groups is 2. The quantitative estimate of drug-likeness (QED) is 0.0106. The highest BCUT2D eigenvalue weighted by molar-refractivity contribution is 7.99. The number of aliphatic hydroxyl groups is 4. The number of ether oxygens (including phenoxy) is 6. The summed E-state index contributed by atoms with van der Waals surface area (Å²) in [5, 5.41) is 60.7. The monoisotopic (exact) mass is 1230 g/mol. The Hall–Kier alpha value is -1.37. The van der Waals surface area contributed by atoms with Crippen LogP contribution < -0.4 is 67.1 Å². The van der Waals surface area contributed by atoms with Crippen LogP contribution in [0, 0.1) is 0 Å². The zero-order chi connectivity index (χ0) is 58.9. The van der Waals surface area contributed by atoms with Crippen molar-refractivity contribution < 1.29 is 48.8 Å². The van der Waals surface area contributed by atoms with Crippen LogP contribution >= 0.6 is 48.0 Å². The fourth-order valence-electron chi connectivity index (χ4n) is 10.4. The number of nitrogens with zero attached hydrogens (tertiary/aromatic N) is 4. The van der Waals surface area contributed by atoms with E-state index in [1.165, 1.54) is 0 Å². The van der Waals surface area contributed by atoms with Crippen LogP contribution in [0.3, 0.4) is 0 Å². The third-order valence-corrected chi connectivity index (χ3v) is 17.8. The number of rotatable bonds is 40. The fraction of sp³-hybridized carbons (Fsp3) is 0.961. The molecule has 4 fully saturated rings. The lowest BCUT2D eigenvalue weighted by molar-refractivity contribution is -0.272. The smallest absolute Gasteiger partial charge is 0.173 e. The molecule has 8 unspecified atom stereocenters. The Labute approximate surface area is 500 Å². The van der Waals surface area contributed by atoms with Crippen molar-refractivity contribution in [2.45, 2.75) is 206 Å². The summed E-state index contributed by atoms with van der Waals surface area (Å²) in [6.07, 6.45) is 2.46. The van der Waals surface area contributed by atoms with E-state index in [2.05, 4.69) is 36.2 Å². The number of hydrogen-bond donors (Lipinski definition) is 16. The zero-order valence-electron chi connectivity index (χ0n) is 47.6. The molecule has 2 saturated heterocycles. The van der Waals surface area contributed by atoms with Gasteiger partial charge < -0.3 is 121 Å². The van der Waals surface area contributed by atoms with Crippen molar-refractivity contribution in [3.05, 3.63) is 10.4 Å². The molecule has 0 aromatic carbocycles. The predicted molar refractivity (Wildman–Crippen MR) is 328 cm³/mol. The molecule has 4 aliphatic rings. The SMILES string of the molecule is [N-]=[N+]=NCCCCCN(CCCCNC(=S)NCCSCCCCO[C@@H]1C(O)[C@H](N)CC(N)[C@@H]1O[C@@H]1OC(CN)[C@@H](O)CC1N)CCCNC(=S)NCCSCCCCCO[C@@H]1C(O)[C@H](N)CC(N)[C@@H]1O[C@@H]1OC(CN)[C@@H](O)CC1N. The van der Waals surface area contributed by atoms with Crippen LogP contribution in [-0.4, -0.2) is 247 Å². The molecule has 4 rings (SSSR count). The van der Waals surface area contributed by atoms with E-state index >= 15 is 0 Å². The molecule has 18 atom stereocenters. The van der Waals surface area contributed by atoms with Gasteiger partial charge in [-0.15, -0.1) is 0 Å². The highest BCUT2D eigenvalue weighted by atomic mass is 32.2. The molecule has 2 saturated carbocycles. The molecule has 2 aliphatic heterocycles. The largest absolute Gasteiger partial charge is 0.390 e. The van der Waals surface area contributed by atoms with Gasteiger partial charge in [0.2, 0.25) is 0 Å². The maximum Gasteiger partial charge on any atom is 0.173 e. The second-order valence-electron chi connectivity index (χ2n) is 21.7. The summed E-state index contributed by atoms with van der Waals surface area (Å²) in [4.78, 5) is 5.37. The molecule has 24 N–H and O–H groups in total. The van der Waals surface area contributed by atoms with Gasteiger partial charge in [-0.25, -0.2) is 0 Å². The Bertz CT molecular complexity index is 1760. The van der Waals surface area contributed by atoms with Gasteiger partial charge in [0.05, 0.1) is 48.7 Å². The molecule has 0 bridgehead atoms. The summed E-state index contributed by atoms with van der Waals surface area (Å²) >= 11 is 14.8. The molecule has 0 amide bonds. The molecule has 0 spiro atoms. The van der Waals surface area contributed by atoms with Gasteiger partial charge in [0.1, 0.15) is 24.4 Å². The molecule has 30 heteroatoms. The van der Waals surface area contributed by atoms with E-state index in [1.807, 2.05) is 23.5 Å². The van der Waals surface area contributed by atoms with Crippen LogP contribution in [0.1, 0.15) is 96.3 Å². The fourth-order valence-corrected chi connectivity index (χ4v) is 12.5. The first kappa shape index (κ1) is 72.1. The van der Waals surface area contributed by atoms with Gasteiger partial charge >= 0.3 is 0 Å². The third-order valence-electron chi connectivity index (χ3n) is 15.1. The summed E-state index contributed by atoms with van der Waals surface area (Å²) in [7, 11) is 0. The first-order chi connectivity index (χ1) is 39.1. The highest BCUT2D eigenvalue weighted by Gasteiger charge is 2.48. The minimum atomic E-state index is -0.962. The van der Waals surface area contributed by atoms with Gasteiger partial charge in [-0.3, -0.25) is 0 Å². The maximum atomic E-state index is 10.9. The van der Waals surface area contributed by atoms with E-state index in [1.54, 1.807) is 0 Å². The molecule has 472 valence electrons. The van der Waals surface area contributed by atoms with Gasteiger partial charge in [-0.05, 0) is 145 Å². The molecule has 0 aromatic heterocycles. The summed E-state index contributed by atoms with van der Waals surface area (Å²) in [5.41, 5.74) is 57.9. The number of hydrogen-bond acceptors (Lipinski definition) is 24. The molecule has 81 heavy (non-hydrogen) atoms. The van der Waals surface area contributed by atoms with Gasteiger partial charge in [0.25, 0.3) is 0 Å². The van der Waals surface area contributed by atoms with Crippen LogP contribution in [0.2, 0.25) is 0 Å². The third kappa shape index (κ3) is 27.1. The van der Waals surface area contributed by atoms with Crippen LogP contribution in [0.25, 0.3) is 10.4 Å². The Morgan fingerprint density at radius 1 is 0.531 bits per heavy atom. The van der Waals surface area contributed by atoms with Gasteiger partial charge in [-0.2, -0.15) is 23.5 Å². The molecular formula is C51H104N16O10S4. The zero-order valence-corrected chi connectivity index (χ0v) is 50.9. The number of nitrogens with two attached hydrogens (primary N) is 8. The van der Waals surface area contributed by atoms with Crippen LogP contribution in [-0.2, 0) is 28.4 Å². The Morgan fingerprint density at radius 2 is 0.963 bits per heavy atom. The lowest BCUT2D eigenvalue weighted by Gasteiger charge is -2.45. The average molecular weight is 1230 g/mol. The van der Waals surface area contributed by atoms with Crippen molar-refractivity contribution in [1.29, 1.82) is 0 Å². The summed E-state index contributed by atoms with van der Waals surface area (Å²) in [6, 6.07) is -3.23. The van der Waals surface area contributed by atoms with E-state index < -0.39 is 110 Å². The van der Waals surface area contributed by atoms with Gasteiger partial charge in [0.15, 0.2) is 22.8 Å². The minimum absolute atomic E-state index is 0.121.